The van der Waals surface area contributed by atoms with Crippen LogP contribution in [0.25, 0.3) is 0 Å². The summed E-state index contributed by atoms with van der Waals surface area (Å²) in [5, 5.41) is 0. The largest absolute Gasteiger partial charge is 0.285 e. The van der Waals surface area contributed by atoms with E-state index in [4.69, 9.17) is 4.55 Å². The van der Waals surface area contributed by atoms with Crippen LogP contribution in [0.2, 0.25) is 0 Å². The van der Waals surface area contributed by atoms with Crippen LogP contribution in [0.4, 0.5) is 0 Å². The lowest BCUT2D eigenvalue weighted by molar-refractivity contribution is 0.422. The zero-order chi connectivity index (χ0) is 19.0. The Morgan fingerprint density at radius 2 is 1.12 bits per heavy atom. The van der Waals surface area contributed by atoms with Gasteiger partial charge in [-0.3, -0.25) is 4.55 Å². The van der Waals surface area contributed by atoms with Crippen molar-refractivity contribution < 1.29 is 13.0 Å². The molecule has 0 bridgehead atoms. The quantitative estimate of drug-likeness (QED) is 0.168. The van der Waals surface area contributed by atoms with E-state index < -0.39 is 14.9 Å². The highest BCUT2D eigenvalue weighted by atomic mass is 32.2. The monoisotopic (exact) mass is 374 g/mol. The average molecular weight is 375 g/mol. The van der Waals surface area contributed by atoms with Gasteiger partial charge in [-0.25, -0.2) is 0 Å². The van der Waals surface area contributed by atoms with Crippen LogP contribution in [0.15, 0.2) is 12.2 Å². The summed E-state index contributed by atoms with van der Waals surface area (Å²) in [6, 6.07) is 0. The topological polar surface area (TPSA) is 54.4 Å². The first kappa shape index (κ1) is 24.7. The molecule has 25 heavy (non-hydrogen) atoms. The second-order valence-corrected chi connectivity index (χ2v) is 9.98. The zero-order valence-electron chi connectivity index (χ0n) is 16.9. The lowest BCUT2D eigenvalue weighted by atomic mass is 10.0. The third-order valence-electron chi connectivity index (χ3n) is 4.99. The van der Waals surface area contributed by atoms with Crippen LogP contribution >= 0.6 is 0 Å². The molecular formula is C21H42O3S. The van der Waals surface area contributed by atoms with E-state index in [0.717, 1.165) is 19.3 Å². The average Bonchev–Trinajstić information content (AvgIpc) is 2.53. The summed E-state index contributed by atoms with van der Waals surface area (Å²) in [6.07, 6.45) is 22.6. The molecular weight excluding hydrogens is 332 g/mol. The molecule has 0 aromatic carbocycles. The molecule has 0 aliphatic carbocycles. The number of hydrogen-bond acceptors (Lipinski definition) is 2. The van der Waals surface area contributed by atoms with Crippen LogP contribution in [0.5, 0.6) is 0 Å². The van der Waals surface area contributed by atoms with Crippen LogP contribution in [0.1, 0.15) is 117 Å². The molecule has 0 amide bonds. The van der Waals surface area contributed by atoms with Crippen molar-refractivity contribution >= 4 is 10.1 Å². The molecule has 0 atom stereocenters. The molecule has 0 unspecified atom stereocenters. The predicted octanol–water partition coefficient (Wildman–Crippen LogP) is 7.08. The summed E-state index contributed by atoms with van der Waals surface area (Å²) in [4.78, 5) is 0. The molecule has 0 spiro atoms. The van der Waals surface area contributed by atoms with Crippen molar-refractivity contribution in [2.45, 2.75) is 122 Å². The Labute approximate surface area is 157 Å². The number of hydrogen-bond donors (Lipinski definition) is 1. The first-order valence-corrected chi connectivity index (χ1v) is 11.9. The minimum Gasteiger partial charge on any atom is -0.285 e. The highest BCUT2D eigenvalue weighted by Gasteiger charge is 2.31. The van der Waals surface area contributed by atoms with Crippen LogP contribution in [0, 0.1) is 0 Å². The summed E-state index contributed by atoms with van der Waals surface area (Å²) < 4.78 is 30.5. The Kier molecular flexibility index (Phi) is 14.6. The molecule has 4 heteroatoms. The molecule has 0 aromatic rings. The van der Waals surface area contributed by atoms with E-state index in [1.165, 1.54) is 70.6 Å². The Bertz CT molecular complexity index is 424. The molecule has 0 saturated carbocycles. The van der Waals surface area contributed by atoms with E-state index in [0.29, 0.717) is 6.42 Å². The van der Waals surface area contributed by atoms with E-state index in [-0.39, 0.29) is 0 Å². The molecule has 1 N–H and O–H groups in total. The van der Waals surface area contributed by atoms with E-state index in [1.54, 1.807) is 13.8 Å². The lowest BCUT2D eigenvalue weighted by Crippen LogP contribution is -2.31. The van der Waals surface area contributed by atoms with Crippen molar-refractivity contribution in [3.63, 3.8) is 0 Å². The Balaban J connectivity index is 3.35. The summed E-state index contributed by atoms with van der Waals surface area (Å²) in [7, 11) is -3.93. The Morgan fingerprint density at radius 1 is 0.720 bits per heavy atom. The predicted molar refractivity (Wildman–Crippen MR) is 110 cm³/mol. The molecule has 0 aliphatic rings. The van der Waals surface area contributed by atoms with Crippen LogP contribution in [0.3, 0.4) is 0 Å². The van der Waals surface area contributed by atoms with E-state index in [2.05, 4.69) is 19.1 Å². The van der Waals surface area contributed by atoms with Crippen molar-refractivity contribution in [1.29, 1.82) is 0 Å². The first-order chi connectivity index (χ1) is 11.8. The van der Waals surface area contributed by atoms with Crippen LogP contribution in [-0.2, 0) is 10.1 Å². The summed E-state index contributed by atoms with van der Waals surface area (Å²) in [6.45, 7) is 5.45. The fourth-order valence-corrected chi connectivity index (χ4v) is 3.33. The van der Waals surface area contributed by atoms with Gasteiger partial charge in [0, 0.05) is 0 Å². The van der Waals surface area contributed by atoms with Gasteiger partial charge in [-0.05, 0) is 46.0 Å². The summed E-state index contributed by atoms with van der Waals surface area (Å²) >= 11 is 0. The maximum absolute atomic E-state index is 11.2. The van der Waals surface area contributed by atoms with E-state index >= 15 is 0 Å². The number of unbranched alkanes of at least 4 members (excludes halogenated alkanes) is 12. The molecule has 0 aliphatic heterocycles. The van der Waals surface area contributed by atoms with Gasteiger partial charge in [0.05, 0.1) is 4.75 Å². The van der Waals surface area contributed by atoms with Crippen molar-refractivity contribution in [2.75, 3.05) is 0 Å². The fourth-order valence-electron chi connectivity index (χ4n) is 2.93. The summed E-state index contributed by atoms with van der Waals surface area (Å²) in [5.74, 6) is 0. The summed E-state index contributed by atoms with van der Waals surface area (Å²) in [5.41, 5.74) is 0. The minimum atomic E-state index is -3.93. The normalized spacial score (nSPS) is 13.0. The van der Waals surface area contributed by atoms with Crippen molar-refractivity contribution in [2.24, 2.45) is 0 Å². The zero-order valence-corrected chi connectivity index (χ0v) is 17.7. The third kappa shape index (κ3) is 14.5. The highest BCUT2D eigenvalue weighted by Crippen LogP contribution is 2.23. The van der Waals surface area contributed by atoms with Crippen molar-refractivity contribution in [1.82, 2.24) is 0 Å². The molecule has 3 nitrogen and oxygen atoms in total. The van der Waals surface area contributed by atoms with Gasteiger partial charge < -0.3 is 0 Å². The van der Waals surface area contributed by atoms with Gasteiger partial charge in [0.15, 0.2) is 0 Å². The van der Waals surface area contributed by atoms with Gasteiger partial charge in [0.1, 0.15) is 0 Å². The van der Waals surface area contributed by atoms with Gasteiger partial charge in [0.25, 0.3) is 10.1 Å². The fraction of sp³-hybridized carbons (Fsp3) is 0.905. The third-order valence-corrected chi connectivity index (χ3v) is 6.59. The lowest BCUT2D eigenvalue weighted by Gasteiger charge is -2.20. The molecule has 0 aromatic heterocycles. The van der Waals surface area contributed by atoms with Crippen LogP contribution in [-0.4, -0.2) is 17.7 Å². The Hall–Kier alpha value is -0.350. The number of allylic oxidation sites excluding steroid dienone is 2. The molecule has 0 fully saturated rings. The van der Waals surface area contributed by atoms with Gasteiger partial charge in [-0.1, -0.05) is 83.3 Å². The van der Waals surface area contributed by atoms with Crippen molar-refractivity contribution in [3.8, 4) is 0 Å². The molecule has 0 rings (SSSR count). The van der Waals surface area contributed by atoms with E-state index in [1.807, 2.05) is 0 Å². The first-order valence-electron chi connectivity index (χ1n) is 10.4. The molecule has 0 saturated heterocycles. The van der Waals surface area contributed by atoms with Crippen LogP contribution < -0.4 is 0 Å². The molecule has 150 valence electrons. The standard InChI is InChI=1S/C21H42O3S/c1-4-5-6-7-8-9-10-11-12-13-14-15-16-17-18-19-20-21(2,3)25(22,23)24/h11-12H,4-10,13-20H2,1-3H3,(H,22,23,24)/b12-11-. The SMILES string of the molecule is CCCCCCCC/C=C\CCCCCCCCC(C)(C)S(=O)(=O)O. The van der Waals surface area contributed by atoms with Gasteiger partial charge >= 0.3 is 0 Å². The van der Waals surface area contributed by atoms with Crippen molar-refractivity contribution in [3.05, 3.63) is 12.2 Å². The highest BCUT2D eigenvalue weighted by molar-refractivity contribution is 7.87. The molecule has 0 radical (unpaired) electrons. The molecule has 0 heterocycles. The maximum atomic E-state index is 11.2. The second-order valence-electron chi connectivity index (χ2n) is 7.92. The number of rotatable bonds is 17. The Morgan fingerprint density at radius 3 is 1.56 bits per heavy atom. The maximum Gasteiger partial charge on any atom is 0.270 e. The van der Waals surface area contributed by atoms with Gasteiger partial charge in [0.2, 0.25) is 0 Å². The van der Waals surface area contributed by atoms with Gasteiger partial charge in [-0.15, -0.1) is 0 Å². The second kappa shape index (κ2) is 14.8. The van der Waals surface area contributed by atoms with Gasteiger partial charge in [-0.2, -0.15) is 8.42 Å². The smallest absolute Gasteiger partial charge is 0.270 e. The van der Waals surface area contributed by atoms with E-state index in [9.17, 15) is 8.42 Å². The minimum absolute atomic E-state index is 0.535.